The van der Waals surface area contributed by atoms with Crippen molar-refractivity contribution in [1.29, 1.82) is 0 Å². The number of ether oxygens (including phenoxy) is 1. The van der Waals surface area contributed by atoms with Crippen LogP contribution in [0.2, 0.25) is 5.02 Å². The number of nitrogens with one attached hydrogen (secondary N) is 1. The van der Waals surface area contributed by atoms with Crippen molar-refractivity contribution < 1.29 is 14.3 Å². The fourth-order valence-electron chi connectivity index (χ4n) is 2.58. The molecule has 1 atom stereocenters. The Hall–Kier alpha value is -1.75. The Bertz CT molecular complexity index is 562. The third kappa shape index (κ3) is 4.37. The van der Waals surface area contributed by atoms with E-state index < -0.39 is 0 Å². The Kier molecular flexibility index (Phi) is 5.66. The Balaban J connectivity index is 1.89. The molecule has 22 heavy (non-hydrogen) atoms. The van der Waals surface area contributed by atoms with E-state index in [0.29, 0.717) is 23.9 Å². The van der Waals surface area contributed by atoms with E-state index in [0.717, 1.165) is 18.4 Å². The van der Waals surface area contributed by atoms with Crippen molar-refractivity contribution in [1.82, 2.24) is 10.2 Å². The van der Waals surface area contributed by atoms with Gasteiger partial charge in [0, 0.05) is 36.6 Å². The number of rotatable bonds is 4. The highest BCUT2D eigenvalue weighted by molar-refractivity contribution is 6.31. The van der Waals surface area contributed by atoms with E-state index in [4.69, 9.17) is 16.3 Å². The summed E-state index contributed by atoms with van der Waals surface area (Å²) in [5.74, 6) is 0.482. The molecule has 120 valence electrons. The van der Waals surface area contributed by atoms with Gasteiger partial charge in [0.05, 0.1) is 0 Å². The molecule has 2 rings (SSSR count). The van der Waals surface area contributed by atoms with E-state index in [1.54, 1.807) is 23.1 Å². The average molecular weight is 325 g/mol. The van der Waals surface area contributed by atoms with E-state index in [1.165, 1.54) is 6.92 Å². The summed E-state index contributed by atoms with van der Waals surface area (Å²) >= 11 is 6.03. The number of hydrogen-bond donors (Lipinski definition) is 1. The summed E-state index contributed by atoms with van der Waals surface area (Å²) < 4.78 is 5.59. The first kappa shape index (κ1) is 16.6. The molecule has 0 bridgehead atoms. The fourth-order valence-corrected chi connectivity index (χ4v) is 2.75. The SMILES string of the molecule is CC(=O)N[C@H]1CCCN(C(=O)COc2cccc(Cl)c2C)C1. The molecule has 0 aromatic heterocycles. The standard InChI is InChI=1S/C16H21ClN2O3/c1-11-14(17)6-3-7-15(11)22-10-16(21)19-8-4-5-13(9-19)18-12(2)20/h3,6-7,13H,4-5,8-10H2,1-2H3,(H,18,20)/t13-/m0/s1. The molecule has 0 radical (unpaired) electrons. The minimum Gasteiger partial charge on any atom is -0.483 e. The third-order valence-electron chi connectivity index (χ3n) is 3.75. The van der Waals surface area contributed by atoms with Crippen molar-refractivity contribution in [2.75, 3.05) is 19.7 Å². The van der Waals surface area contributed by atoms with Gasteiger partial charge in [-0.1, -0.05) is 17.7 Å². The molecule has 1 aromatic carbocycles. The first-order chi connectivity index (χ1) is 10.5. The van der Waals surface area contributed by atoms with Crippen LogP contribution in [0.1, 0.15) is 25.3 Å². The number of halogens is 1. The molecule has 1 heterocycles. The van der Waals surface area contributed by atoms with Crippen LogP contribution < -0.4 is 10.1 Å². The van der Waals surface area contributed by atoms with Crippen LogP contribution in [0, 0.1) is 6.92 Å². The van der Waals surface area contributed by atoms with E-state index in [9.17, 15) is 9.59 Å². The number of piperidine rings is 1. The highest BCUT2D eigenvalue weighted by Gasteiger charge is 2.24. The summed E-state index contributed by atoms with van der Waals surface area (Å²) in [6.07, 6.45) is 1.78. The molecule has 6 heteroatoms. The molecule has 1 aliphatic rings. The van der Waals surface area contributed by atoms with Gasteiger partial charge in [-0.3, -0.25) is 9.59 Å². The summed E-state index contributed by atoms with van der Waals surface area (Å²) in [4.78, 5) is 25.1. The van der Waals surface area contributed by atoms with E-state index >= 15 is 0 Å². The molecule has 1 aliphatic heterocycles. The van der Waals surface area contributed by atoms with Crippen molar-refractivity contribution in [3.05, 3.63) is 28.8 Å². The zero-order valence-electron chi connectivity index (χ0n) is 12.9. The Morgan fingerprint density at radius 2 is 2.23 bits per heavy atom. The quantitative estimate of drug-likeness (QED) is 0.923. The van der Waals surface area contributed by atoms with Gasteiger partial charge < -0.3 is 15.0 Å². The second-order valence-electron chi connectivity index (χ2n) is 5.53. The molecule has 1 aromatic rings. The zero-order valence-corrected chi connectivity index (χ0v) is 13.7. The van der Waals surface area contributed by atoms with Crippen LogP contribution in [0.5, 0.6) is 5.75 Å². The summed E-state index contributed by atoms with van der Waals surface area (Å²) in [5, 5.41) is 3.48. The third-order valence-corrected chi connectivity index (χ3v) is 4.16. The van der Waals surface area contributed by atoms with Crippen LogP contribution in [0.25, 0.3) is 0 Å². The first-order valence-corrected chi connectivity index (χ1v) is 7.78. The lowest BCUT2D eigenvalue weighted by atomic mass is 10.1. The predicted octanol–water partition coefficient (Wildman–Crippen LogP) is 2.15. The molecular weight excluding hydrogens is 304 g/mol. The smallest absolute Gasteiger partial charge is 0.260 e. The summed E-state index contributed by atoms with van der Waals surface area (Å²) in [6.45, 7) is 4.57. The number of carbonyl (C=O) groups is 2. The van der Waals surface area contributed by atoms with Crippen molar-refractivity contribution in [3.8, 4) is 5.75 Å². The predicted molar refractivity (Wildman–Crippen MR) is 85.1 cm³/mol. The highest BCUT2D eigenvalue weighted by Crippen LogP contribution is 2.25. The van der Waals surface area contributed by atoms with E-state index in [1.807, 2.05) is 6.92 Å². The maximum atomic E-state index is 12.3. The molecular formula is C16H21ClN2O3. The van der Waals surface area contributed by atoms with Gasteiger partial charge in [-0.05, 0) is 31.9 Å². The molecule has 1 saturated heterocycles. The normalized spacial score (nSPS) is 18.0. The lowest BCUT2D eigenvalue weighted by molar-refractivity contribution is -0.135. The van der Waals surface area contributed by atoms with Gasteiger partial charge in [0.1, 0.15) is 5.75 Å². The molecule has 2 amide bonds. The zero-order chi connectivity index (χ0) is 16.1. The van der Waals surface area contributed by atoms with Crippen molar-refractivity contribution >= 4 is 23.4 Å². The molecule has 0 aliphatic carbocycles. The number of carbonyl (C=O) groups excluding carboxylic acids is 2. The molecule has 1 fully saturated rings. The van der Waals surface area contributed by atoms with Crippen LogP contribution in [0.3, 0.4) is 0 Å². The average Bonchev–Trinajstić information content (AvgIpc) is 2.48. The van der Waals surface area contributed by atoms with Crippen molar-refractivity contribution in [3.63, 3.8) is 0 Å². The summed E-state index contributed by atoms with van der Waals surface area (Å²) in [6, 6.07) is 5.41. The largest absolute Gasteiger partial charge is 0.483 e. The van der Waals surface area contributed by atoms with Crippen LogP contribution in [0.15, 0.2) is 18.2 Å². The van der Waals surface area contributed by atoms with E-state index in [2.05, 4.69) is 5.32 Å². The molecule has 0 saturated carbocycles. The molecule has 1 N–H and O–H groups in total. The summed E-state index contributed by atoms with van der Waals surface area (Å²) in [7, 11) is 0. The minimum atomic E-state index is -0.0746. The first-order valence-electron chi connectivity index (χ1n) is 7.40. The number of amides is 2. The number of benzene rings is 1. The van der Waals surface area contributed by atoms with Gasteiger partial charge in [0.15, 0.2) is 6.61 Å². The van der Waals surface area contributed by atoms with Crippen molar-refractivity contribution in [2.24, 2.45) is 0 Å². The Morgan fingerprint density at radius 1 is 1.45 bits per heavy atom. The molecule has 5 nitrogen and oxygen atoms in total. The number of likely N-dealkylation sites (tertiary alicyclic amines) is 1. The van der Waals surface area contributed by atoms with Gasteiger partial charge in [0.2, 0.25) is 5.91 Å². The van der Waals surface area contributed by atoms with Crippen LogP contribution in [0.4, 0.5) is 0 Å². The van der Waals surface area contributed by atoms with E-state index in [-0.39, 0.29) is 24.5 Å². The number of nitrogens with zero attached hydrogens (tertiary/aromatic N) is 1. The summed E-state index contributed by atoms with van der Waals surface area (Å²) in [5.41, 5.74) is 0.826. The minimum absolute atomic E-state index is 0.0199. The van der Waals surface area contributed by atoms with Crippen LogP contribution in [-0.2, 0) is 9.59 Å². The molecule has 0 spiro atoms. The lowest BCUT2D eigenvalue weighted by Gasteiger charge is -2.33. The van der Waals surface area contributed by atoms with Crippen LogP contribution in [-0.4, -0.2) is 42.5 Å². The molecule has 0 unspecified atom stereocenters. The second kappa shape index (κ2) is 7.49. The van der Waals surface area contributed by atoms with Gasteiger partial charge in [0.25, 0.3) is 5.91 Å². The lowest BCUT2D eigenvalue weighted by Crippen LogP contribution is -2.50. The fraction of sp³-hybridized carbons (Fsp3) is 0.500. The number of hydrogen-bond acceptors (Lipinski definition) is 3. The van der Waals surface area contributed by atoms with Gasteiger partial charge in [-0.2, -0.15) is 0 Å². The Morgan fingerprint density at radius 3 is 2.95 bits per heavy atom. The van der Waals surface area contributed by atoms with Crippen LogP contribution >= 0.6 is 11.6 Å². The van der Waals surface area contributed by atoms with Gasteiger partial charge in [-0.25, -0.2) is 0 Å². The topological polar surface area (TPSA) is 58.6 Å². The maximum absolute atomic E-state index is 12.3. The van der Waals surface area contributed by atoms with Crippen molar-refractivity contribution in [2.45, 2.75) is 32.7 Å². The second-order valence-corrected chi connectivity index (χ2v) is 5.94. The highest BCUT2D eigenvalue weighted by atomic mass is 35.5. The monoisotopic (exact) mass is 324 g/mol. The van der Waals surface area contributed by atoms with Gasteiger partial charge >= 0.3 is 0 Å². The van der Waals surface area contributed by atoms with Gasteiger partial charge in [-0.15, -0.1) is 0 Å². The Labute approximate surface area is 135 Å². The maximum Gasteiger partial charge on any atom is 0.260 e.